The number of piperidine rings is 1. The van der Waals surface area contributed by atoms with Crippen molar-refractivity contribution in [3.8, 4) is 5.75 Å². The number of hydrogen-bond donors (Lipinski definition) is 2. The average Bonchev–Trinajstić information content (AvgIpc) is 3.10. The van der Waals surface area contributed by atoms with Crippen LogP contribution < -0.4 is 15.4 Å². The molecule has 2 aliphatic heterocycles. The van der Waals surface area contributed by atoms with Gasteiger partial charge >= 0.3 is 0 Å². The van der Waals surface area contributed by atoms with Crippen LogP contribution in [0, 0.1) is 0 Å². The topological polar surface area (TPSA) is 63.5 Å². The fourth-order valence-corrected chi connectivity index (χ4v) is 3.95. The molecule has 24 heavy (non-hydrogen) atoms. The third-order valence-corrected chi connectivity index (χ3v) is 5.05. The highest BCUT2D eigenvalue weighted by atomic mass is 35.5. The predicted molar refractivity (Wildman–Crippen MR) is 94.8 cm³/mol. The number of fused-ring (bicyclic) bond motifs is 3. The van der Waals surface area contributed by atoms with Crippen LogP contribution in [0.25, 0.3) is 11.0 Å². The number of nitrogens with one attached hydrogen (secondary N) is 2. The van der Waals surface area contributed by atoms with Gasteiger partial charge in [0, 0.05) is 35.1 Å². The molecule has 4 rings (SSSR count). The maximum atomic E-state index is 12.4. The fraction of sp³-hybridized carbons (Fsp3) is 0.500. The maximum Gasteiger partial charge on any atom is 0.224 e. The summed E-state index contributed by atoms with van der Waals surface area (Å²) < 4.78 is 10.8. The maximum absolute atomic E-state index is 12.4. The van der Waals surface area contributed by atoms with Gasteiger partial charge in [-0.2, -0.15) is 0 Å². The SMILES string of the molecule is COc1ccc2c(CC(=O)NC3CC4CCC(C3)N4)coc2c1.Cl. The molecule has 2 aromatic rings. The average molecular weight is 351 g/mol. The van der Waals surface area contributed by atoms with Crippen molar-refractivity contribution in [2.45, 2.75) is 50.2 Å². The number of amides is 1. The lowest BCUT2D eigenvalue weighted by Crippen LogP contribution is -2.48. The Labute approximate surface area is 147 Å². The van der Waals surface area contributed by atoms with Crippen LogP contribution in [0.3, 0.4) is 0 Å². The van der Waals surface area contributed by atoms with E-state index in [4.69, 9.17) is 9.15 Å². The molecule has 2 unspecified atom stereocenters. The molecule has 0 aliphatic carbocycles. The van der Waals surface area contributed by atoms with Gasteiger partial charge in [-0.1, -0.05) is 0 Å². The van der Waals surface area contributed by atoms with Gasteiger partial charge in [-0.25, -0.2) is 0 Å². The Balaban J connectivity index is 0.00000169. The van der Waals surface area contributed by atoms with Gasteiger partial charge in [-0.15, -0.1) is 12.4 Å². The van der Waals surface area contributed by atoms with Gasteiger partial charge in [0.2, 0.25) is 5.91 Å². The van der Waals surface area contributed by atoms with Crippen LogP contribution in [0.1, 0.15) is 31.2 Å². The molecule has 3 heterocycles. The minimum atomic E-state index is 0. The zero-order chi connectivity index (χ0) is 15.8. The Morgan fingerprint density at radius 1 is 1.33 bits per heavy atom. The van der Waals surface area contributed by atoms with E-state index in [-0.39, 0.29) is 18.3 Å². The van der Waals surface area contributed by atoms with Crippen LogP contribution in [0.5, 0.6) is 5.75 Å². The van der Waals surface area contributed by atoms with Gasteiger partial charge in [-0.3, -0.25) is 4.79 Å². The molecule has 5 nitrogen and oxygen atoms in total. The van der Waals surface area contributed by atoms with E-state index in [2.05, 4.69) is 10.6 Å². The number of furan rings is 1. The summed E-state index contributed by atoms with van der Waals surface area (Å²) in [5.74, 6) is 0.836. The highest BCUT2D eigenvalue weighted by Gasteiger charge is 2.33. The number of hydrogen-bond acceptors (Lipinski definition) is 4. The molecule has 2 aliphatic rings. The normalized spacial score (nSPS) is 25.3. The second kappa shape index (κ2) is 7.03. The van der Waals surface area contributed by atoms with Gasteiger partial charge in [0.15, 0.2) is 0 Å². The summed E-state index contributed by atoms with van der Waals surface area (Å²) in [5.41, 5.74) is 1.68. The summed E-state index contributed by atoms with van der Waals surface area (Å²) in [7, 11) is 1.63. The molecular weight excluding hydrogens is 328 g/mol. The Morgan fingerprint density at radius 2 is 2.08 bits per heavy atom. The number of methoxy groups -OCH3 is 1. The van der Waals surface area contributed by atoms with Crippen molar-refractivity contribution < 1.29 is 13.9 Å². The van der Waals surface area contributed by atoms with E-state index < -0.39 is 0 Å². The van der Waals surface area contributed by atoms with Crippen LogP contribution in [0.15, 0.2) is 28.9 Å². The van der Waals surface area contributed by atoms with E-state index in [1.54, 1.807) is 13.4 Å². The van der Waals surface area contributed by atoms with Gasteiger partial charge in [0.25, 0.3) is 0 Å². The zero-order valence-electron chi connectivity index (χ0n) is 13.7. The van der Waals surface area contributed by atoms with Crippen molar-refractivity contribution in [1.82, 2.24) is 10.6 Å². The van der Waals surface area contributed by atoms with E-state index in [0.29, 0.717) is 24.5 Å². The second-order valence-corrected chi connectivity index (χ2v) is 6.67. The summed E-state index contributed by atoms with van der Waals surface area (Å²) in [4.78, 5) is 12.4. The molecular formula is C18H23ClN2O3. The first kappa shape index (κ1) is 17.1. The third-order valence-electron chi connectivity index (χ3n) is 5.05. The molecule has 1 amide bonds. The van der Waals surface area contributed by atoms with Crippen LogP contribution in [0.4, 0.5) is 0 Å². The molecule has 2 bridgehead atoms. The molecule has 6 heteroatoms. The van der Waals surface area contributed by atoms with Crippen molar-refractivity contribution in [3.63, 3.8) is 0 Å². The summed E-state index contributed by atoms with van der Waals surface area (Å²) in [5, 5.41) is 7.77. The first-order valence-corrected chi connectivity index (χ1v) is 8.31. The molecule has 2 atom stereocenters. The summed E-state index contributed by atoms with van der Waals surface area (Å²) in [6.07, 6.45) is 6.61. The molecule has 0 radical (unpaired) electrons. The Kier molecular flexibility index (Phi) is 5.01. The van der Waals surface area contributed by atoms with E-state index in [1.807, 2.05) is 18.2 Å². The molecule has 1 aromatic carbocycles. The monoisotopic (exact) mass is 350 g/mol. The minimum Gasteiger partial charge on any atom is -0.497 e. The Bertz CT molecular complexity index is 718. The molecule has 2 saturated heterocycles. The van der Waals surface area contributed by atoms with Gasteiger partial charge in [-0.05, 0) is 37.8 Å². The highest BCUT2D eigenvalue weighted by Crippen LogP contribution is 2.28. The molecule has 1 aromatic heterocycles. The van der Waals surface area contributed by atoms with Crippen molar-refractivity contribution in [3.05, 3.63) is 30.0 Å². The zero-order valence-corrected chi connectivity index (χ0v) is 14.5. The van der Waals surface area contributed by atoms with Crippen molar-refractivity contribution in [2.24, 2.45) is 0 Å². The van der Waals surface area contributed by atoms with Crippen molar-refractivity contribution in [1.29, 1.82) is 0 Å². The third kappa shape index (κ3) is 3.37. The Morgan fingerprint density at radius 3 is 2.79 bits per heavy atom. The quantitative estimate of drug-likeness (QED) is 0.890. The number of ether oxygens (including phenoxy) is 1. The van der Waals surface area contributed by atoms with E-state index in [0.717, 1.165) is 35.1 Å². The van der Waals surface area contributed by atoms with E-state index in [9.17, 15) is 4.79 Å². The largest absolute Gasteiger partial charge is 0.497 e. The number of benzene rings is 1. The lowest BCUT2D eigenvalue weighted by molar-refractivity contribution is -0.121. The lowest BCUT2D eigenvalue weighted by atomic mass is 9.99. The number of rotatable bonds is 4. The number of halogens is 1. The summed E-state index contributed by atoms with van der Waals surface area (Å²) in [6, 6.07) is 7.16. The van der Waals surface area contributed by atoms with Crippen molar-refractivity contribution in [2.75, 3.05) is 7.11 Å². The van der Waals surface area contributed by atoms with Crippen molar-refractivity contribution >= 4 is 29.3 Å². The molecule has 0 saturated carbocycles. The predicted octanol–water partition coefficient (Wildman–Crippen LogP) is 2.80. The first-order chi connectivity index (χ1) is 11.2. The first-order valence-electron chi connectivity index (χ1n) is 8.31. The fourth-order valence-electron chi connectivity index (χ4n) is 3.95. The van der Waals surface area contributed by atoms with Gasteiger partial charge < -0.3 is 19.8 Å². The summed E-state index contributed by atoms with van der Waals surface area (Å²) >= 11 is 0. The number of carbonyl (C=O) groups excluding carboxylic acids is 1. The van der Waals surface area contributed by atoms with Gasteiger partial charge in [0.1, 0.15) is 11.3 Å². The van der Waals surface area contributed by atoms with Crippen LogP contribution in [-0.2, 0) is 11.2 Å². The summed E-state index contributed by atoms with van der Waals surface area (Å²) in [6.45, 7) is 0. The molecule has 130 valence electrons. The van der Waals surface area contributed by atoms with E-state index >= 15 is 0 Å². The van der Waals surface area contributed by atoms with Gasteiger partial charge in [0.05, 0.1) is 19.8 Å². The van der Waals surface area contributed by atoms with E-state index in [1.165, 1.54) is 12.8 Å². The molecule has 2 N–H and O–H groups in total. The highest BCUT2D eigenvalue weighted by molar-refractivity contribution is 5.88. The van der Waals surface area contributed by atoms with Crippen LogP contribution in [0.2, 0.25) is 0 Å². The standard InChI is InChI=1S/C18H22N2O3.ClH/c1-22-15-4-5-16-11(10-23-17(16)9-15)6-18(21)20-14-7-12-2-3-13(8-14)19-12;/h4-5,9-10,12-14,19H,2-3,6-8H2,1H3,(H,20,21);1H. The van der Waals surface area contributed by atoms with Crippen LogP contribution >= 0.6 is 12.4 Å². The van der Waals surface area contributed by atoms with Crippen LogP contribution in [-0.4, -0.2) is 31.1 Å². The number of carbonyl (C=O) groups is 1. The smallest absolute Gasteiger partial charge is 0.224 e. The second-order valence-electron chi connectivity index (χ2n) is 6.67. The molecule has 0 spiro atoms. The minimum absolute atomic E-state index is 0. The molecule has 2 fully saturated rings. The Hall–Kier alpha value is -1.72. The lowest BCUT2D eigenvalue weighted by Gasteiger charge is -2.29.